The van der Waals surface area contributed by atoms with E-state index in [0.29, 0.717) is 0 Å². The van der Waals surface area contributed by atoms with Crippen LogP contribution in [-0.2, 0) is 16.8 Å². The van der Waals surface area contributed by atoms with Crippen molar-refractivity contribution < 1.29 is 16.8 Å². The van der Waals surface area contributed by atoms with Crippen LogP contribution >= 0.6 is 0 Å². The number of benzene rings is 1. The molecule has 95 valence electrons. The Kier molecular flexibility index (Phi) is 7.00. The molecule has 0 bridgehead atoms. The molecule has 1 aliphatic carbocycles. The van der Waals surface area contributed by atoms with Crippen LogP contribution in [0.2, 0.25) is 0 Å². The van der Waals surface area contributed by atoms with Gasteiger partial charge in [-0.25, -0.2) is 0 Å². The average Bonchev–Trinajstić information content (AvgIpc) is 2.76. The van der Waals surface area contributed by atoms with Gasteiger partial charge in [0.1, 0.15) is 0 Å². The van der Waals surface area contributed by atoms with E-state index in [1.165, 1.54) is 23.6 Å². The number of hydrogen-bond acceptors (Lipinski definition) is 0. The first-order chi connectivity index (χ1) is 8.47. The fourth-order valence-corrected chi connectivity index (χ4v) is 1.74. The Hall–Kier alpha value is -1.44. The summed E-state index contributed by atoms with van der Waals surface area (Å²) in [6.07, 6.45) is 15.0. The molecule has 1 radical (unpaired) electrons. The molecule has 0 unspecified atom stereocenters. The minimum atomic E-state index is 0. The molecule has 0 fully saturated rings. The minimum absolute atomic E-state index is 0. The molecule has 0 nitrogen and oxygen atoms in total. The van der Waals surface area contributed by atoms with Crippen molar-refractivity contribution in [2.75, 3.05) is 0 Å². The monoisotopic (exact) mass is 280 g/mol. The number of allylic oxidation sites excluding steroid dienone is 6. The van der Waals surface area contributed by atoms with Gasteiger partial charge in [0.15, 0.2) is 0 Å². The smallest absolute Gasteiger partial charge is 0 e. The summed E-state index contributed by atoms with van der Waals surface area (Å²) in [5, 5.41) is 2.66. The summed E-state index contributed by atoms with van der Waals surface area (Å²) in [5.74, 6) is 0. The Balaban J connectivity index is 0.000000172. The third-order valence-electron chi connectivity index (χ3n) is 2.65. The van der Waals surface area contributed by atoms with Crippen LogP contribution < -0.4 is 0 Å². The van der Waals surface area contributed by atoms with Crippen LogP contribution in [0.4, 0.5) is 0 Å². The summed E-state index contributed by atoms with van der Waals surface area (Å²) in [5.41, 5.74) is 0. The van der Waals surface area contributed by atoms with Crippen LogP contribution in [0.1, 0.15) is 12.8 Å². The van der Waals surface area contributed by atoms with E-state index in [2.05, 4.69) is 78.9 Å². The SMILES string of the molecule is C1=C/C=C\CCC=C1.[Co].c1ccc2[cH-]ccc2c1. The summed E-state index contributed by atoms with van der Waals surface area (Å²) in [6, 6.07) is 14.7. The third-order valence-corrected chi connectivity index (χ3v) is 2.65. The summed E-state index contributed by atoms with van der Waals surface area (Å²) in [6.45, 7) is 0. The Morgan fingerprint density at radius 2 is 1.44 bits per heavy atom. The van der Waals surface area contributed by atoms with Gasteiger partial charge in [0, 0.05) is 16.8 Å². The normalized spacial score (nSPS) is 14.9. The van der Waals surface area contributed by atoms with Gasteiger partial charge in [-0.15, -0.1) is 29.7 Å². The molecule has 0 aliphatic heterocycles. The quantitative estimate of drug-likeness (QED) is 0.595. The summed E-state index contributed by atoms with van der Waals surface area (Å²) in [4.78, 5) is 0. The molecule has 0 amide bonds. The Labute approximate surface area is 119 Å². The topological polar surface area (TPSA) is 0 Å². The average molecular weight is 280 g/mol. The molecule has 0 N–H and O–H groups in total. The molecule has 2 aromatic carbocycles. The summed E-state index contributed by atoms with van der Waals surface area (Å²) in [7, 11) is 0. The molecule has 18 heavy (non-hydrogen) atoms. The van der Waals surface area contributed by atoms with Crippen molar-refractivity contribution in [3.05, 3.63) is 78.9 Å². The molecule has 0 saturated heterocycles. The van der Waals surface area contributed by atoms with E-state index in [0.717, 1.165) is 0 Å². The molecule has 0 atom stereocenters. The second-order valence-corrected chi connectivity index (χ2v) is 3.97. The predicted molar refractivity (Wildman–Crippen MR) is 76.2 cm³/mol. The van der Waals surface area contributed by atoms with Gasteiger partial charge in [-0.05, 0) is 12.8 Å². The molecule has 0 saturated carbocycles. The molecule has 3 rings (SSSR count). The van der Waals surface area contributed by atoms with Gasteiger partial charge in [0.2, 0.25) is 0 Å². The zero-order valence-electron chi connectivity index (χ0n) is 10.3. The van der Waals surface area contributed by atoms with Crippen LogP contribution in [0.25, 0.3) is 10.8 Å². The molecule has 2 aromatic rings. The van der Waals surface area contributed by atoms with Crippen LogP contribution in [-0.4, -0.2) is 0 Å². The van der Waals surface area contributed by atoms with Crippen molar-refractivity contribution in [3.8, 4) is 0 Å². The van der Waals surface area contributed by atoms with Crippen molar-refractivity contribution in [2.24, 2.45) is 0 Å². The summed E-state index contributed by atoms with van der Waals surface area (Å²) < 4.78 is 0. The maximum absolute atomic E-state index is 2.18. The van der Waals surface area contributed by atoms with E-state index in [1.807, 2.05) is 0 Å². The number of hydrogen-bond donors (Lipinski definition) is 0. The molecule has 1 aliphatic rings. The van der Waals surface area contributed by atoms with Crippen molar-refractivity contribution in [2.45, 2.75) is 12.8 Å². The van der Waals surface area contributed by atoms with E-state index in [-0.39, 0.29) is 16.8 Å². The van der Waals surface area contributed by atoms with E-state index in [1.54, 1.807) is 0 Å². The Bertz CT molecular complexity index is 483. The van der Waals surface area contributed by atoms with Gasteiger partial charge < -0.3 is 0 Å². The Morgan fingerprint density at radius 1 is 0.778 bits per heavy atom. The first-order valence-electron chi connectivity index (χ1n) is 6.05. The van der Waals surface area contributed by atoms with E-state index < -0.39 is 0 Å². The third kappa shape index (κ3) is 4.82. The van der Waals surface area contributed by atoms with Gasteiger partial charge in [0.05, 0.1) is 0 Å². The van der Waals surface area contributed by atoms with Crippen molar-refractivity contribution in [3.63, 3.8) is 0 Å². The first kappa shape index (κ1) is 14.6. The number of fused-ring (bicyclic) bond motifs is 1. The zero-order chi connectivity index (χ0) is 11.8. The van der Waals surface area contributed by atoms with E-state index >= 15 is 0 Å². The van der Waals surface area contributed by atoms with Crippen molar-refractivity contribution in [1.29, 1.82) is 0 Å². The molecule has 1 heteroatoms. The standard InChI is InChI=1S/C9H7.C8H10.Co/c1-2-5-9-7-3-6-8(9)4-1;1-2-4-6-8-7-5-3-1;/h1-7H;1-6H,7-8H2;/q-1;;/b;2-1?,5-3-,6-4?;. The second kappa shape index (κ2) is 8.62. The van der Waals surface area contributed by atoms with Crippen LogP contribution in [0, 0.1) is 0 Å². The maximum Gasteiger partial charge on any atom is 0 e. The first-order valence-corrected chi connectivity index (χ1v) is 6.05. The van der Waals surface area contributed by atoms with Crippen LogP contribution in [0.15, 0.2) is 78.9 Å². The van der Waals surface area contributed by atoms with Crippen molar-refractivity contribution in [1.82, 2.24) is 0 Å². The predicted octanol–water partition coefficient (Wildman–Crippen LogP) is 5.01. The van der Waals surface area contributed by atoms with E-state index in [4.69, 9.17) is 0 Å². The molecular weight excluding hydrogens is 263 g/mol. The fourth-order valence-electron chi connectivity index (χ4n) is 1.74. The Morgan fingerprint density at radius 3 is 2.11 bits per heavy atom. The van der Waals surface area contributed by atoms with Gasteiger partial charge in [-0.3, -0.25) is 0 Å². The largest absolute Gasteiger partial charge is 0.168 e. The summed E-state index contributed by atoms with van der Waals surface area (Å²) >= 11 is 0. The van der Waals surface area contributed by atoms with Crippen molar-refractivity contribution >= 4 is 10.8 Å². The zero-order valence-corrected chi connectivity index (χ0v) is 11.3. The van der Waals surface area contributed by atoms with Gasteiger partial charge >= 0.3 is 0 Å². The van der Waals surface area contributed by atoms with E-state index in [9.17, 15) is 0 Å². The molecule has 0 spiro atoms. The fraction of sp³-hybridized carbons (Fsp3) is 0.118. The van der Waals surface area contributed by atoms with Gasteiger partial charge in [-0.2, -0.15) is 17.5 Å². The molecular formula is C17H17Co-. The minimum Gasteiger partial charge on any atom is -0.168 e. The van der Waals surface area contributed by atoms with Gasteiger partial charge in [0.25, 0.3) is 0 Å². The van der Waals surface area contributed by atoms with Crippen LogP contribution in [0.3, 0.4) is 0 Å². The maximum atomic E-state index is 2.18. The number of rotatable bonds is 0. The molecule has 0 aromatic heterocycles. The molecule has 0 heterocycles. The van der Waals surface area contributed by atoms with Crippen LogP contribution in [0.5, 0.6) is 0 Å². The second-order valence-electron chi connectivity index (χ2n) is 3.97. The van der Waals surface area contributed by atoms with Gasteiger partial charge in [-0.1, -0.05) is 42.5 Å².